The largest absolute Gasteiger partial charge is 0.489 e. The molecule has 0 saturated carbocycles. The van der Waals surface area contributed by atoms with E-state index in [1.54, 1.807) is 17.8 Å². The molecule has 2 N–H and O–H groups in total. The normalized spacial score (nSPS) is 20.3. The predicted molar refractivity (Wildman–Crippen MR) is 93.0 cm³/mol. The summed E-state index contributed by atoms with van der Waals surface area (Å²) in [6, 6.07) is 7.91. The molecule has 1 amide bonds. The molecule has 1 aliphatic rings. The molecule has 2 aromatic rings. The van der Waals surface area contributed by atoms with E-state index in [2.05, 4.69) is 22.1 Å². The standard InChI is InChI=1S/C17H19N3O2S/c1-4-9-22-13-8-6-5-7-12(13)15-14-10(2)19-20-16(14)18-17(21)11(3)23-15/h4-8,11,15H,1,9H2,2-3H3,(H2,18,19,20,21)/t11-,15+/m1/s1. The molecular weight excluding hydrogens is 310 g/mol. The van der Waals surface area contributed by atoms with E-state index in [4.69, 9.17) is 4.74 Å². The number of aromatic nitrogens is 2. The van der Waals surface area contributed by atoms with Gasteiger partial charge >= 0.3 is 0 Å². The number of benzene rings is 1. The first kappa shape index (κ1) is 15.7. The van der Waals surface area contributed by atoms with Gasteiger partial charge in [-0.2, -0.15) is 5.10 Å². The first-order chi connectivity index (χ1) is 11.1. The van der Waals surface area contributed by atoms with E-state index in [1.807, 2.05) is 38.1 Å². The highest BCUT2D eigenvalue weighted by molar-refractivity contribution is 8.01. The van der Waals surface area contributed by atoms with E-state index in [0.717, 1.165) is 22.6 Å². The zero-order chi connectivity index (χ0) is 16.4. The summed E-state index contributed by atoms with van der Waals surface area (Å²) in [6.45, 7) is 8.01. The van der Waals surface area contributed by atoms with Crippen LogP contribution in [0.2, 0.25) is 0 Å². The van der Waals surface area contributed by atoms with Crippen LogP contribution in [0, 0.1) is 6.92 Å². The highest BCUT2D eigenvalue weighted by Gasteiger charge is 2.33. The van der Waals surface area contributed by atoms with Crippen LogP contribution in [0.15, 0.2) is 36.9 Å². The molecule has 0 saturated heterocycles. The number of ether oxygens (including phenoxy) is 1. The van der Waals surface area contributed by atoms with Gasteiger partial charge in [-0.3, -0.25) is 9.89 Å². The highest BCUT2D eigenvalue weighted by atomic mass is 32.2. The minimum atomic E-state index is -0.180. The molecule has 0 bridgehead atoms. The smallest absolute Gasteiger partial charge is 0.238 e. The summed E-state index contributed by atoms with van der Waals surface area (Å²) >= 11 is 1.60. The topological polar surface area (TPSA) is 67.0 Å². The summed E-state index contributed by atoms with van der Waals surface area (Å²) in [7, 11) is 0. The number of nitrogens with one attached hydrogen (secondary N) is 2. The fraction of sp³-hybridized carbons (Fsp3) is 0.294. The van der Waals surface area contributed by atoms with Crippen LogP contribution in [0.4, 0.5) is 5.82 Å². The lowest BCUT2D eigenvalue weighted by atomic mass is 10.0. The van der Waals surface area contributed by atoms with Gasteiger partial charge in [0.15, 0.2) is 5.82 Å². The number of H-pyrrole nitrogens is 1. The Kier molecular flexibility index (Phi) is 4.43. The monoisotopic (exact) mass is 329 g/mol. The van der Waals surface area contributed by atoms with Crippen molar-refractivity contribution in [1.82, 2.24) is 10.2 Å². The second kappa shape index (κ2) is 6.50. The number of hydrogen-bond donors (Lipinski definition) is 2. The molecule has 2 atom stereocenters. The summed E-state index contributed by atoms with van der Waals surface area (Å²) in [4.78, 5) is 12.2. The SMILES string of the molecule is C=CCOc1ccccc1[C@@H]1S[C@H](C)C(=O)Nc2n[nH]c(C)c21. The van der Waals surface area contributed by atoms with Gasteiger partial charge in [0, 0.05) is 16.8 Å². The fourth-order valence-electron chi connectivity index (χ4n) is 2.61. The zero-order valence-electron chi connectivity index (χ0n) is 13.1. The first-order valence-corrected chi connectivity index (χ1v) is 8.40. The number of amides is 1. The third-order valence-corrected chi connectivity index (χ3v) is 5.15. The van der Waals surface area contributed by atoms with Gasteiger partial charge in [-0.25, -0.2) is 0 Å². The number of fused-ring (bicyclic) bond motifs is 1. The highest BCUT2D eigenvalue weighted by Crippen LogP contribution is 2.47. The number of carbonyl (C=O) groups is 1. The van der Waals surface area contributed by atoms with E-state index < -0.39 is 0 Å². The molecular formula is C17H19N3O2S. The number of aryl methyl sites for hydroxylation is 1. The third kappa shape index (κ3) is 2.99. The Morgan fingerprint density at radius 1 is 1.43 bits per heavy atom. The van der Waals surface area contributed by atoms with Crippen molar-refractivity contribution in [3.8, 4) is 5.75 Å². The molecule has 0 radical (unpaired) electrons. The number of carbonyl (C=O) groups excluding carboxylic acids is 1. The summed E-state index contributed by atoms with van der Waals surface area (Å²) in [6.07, 6.45) is 1.72. The molecule has 6 heteroatoms. The van der Waals surface area contributed by atoms with Gasteiger partial charge in [-0.15, -0.1) is 11.8 Å². The molecule has 2 heterocycles. The molecule has 23 heavy (non-hydrogen) atoms. The minimum Gasteiger partial charge on any atom is -0.489 e. The number of nitrogens with zero attached hydrogens (tertiary/aromatic N) is 1. The lowest BCUT2D eigenvalue weighted by Crippen LogP contribution is -2.21. The van der Waals surface area contributed by atoms with Crippen LogP contribution in [-0.4, -0.2) is 28.0 Å². The van der Waals surface area contributed by atoms with Crippen LogP contribution in [0.5, 0.6) is 5.75 Å². The van der Waals surface area contributed by atoms with Gasteiger partial charge in [-0.1, -0.05) is 30.9 Å². The van der Waals surface area contributed by atoms with Gasteiger partial charge in [-0.05, 0) is 19.9 Å². The molecule has 1 aromatic carbocycles. The van der Waals surface area contributed by atoms with Crippen molar-refractivity contribution in [1.29, 1.82) is 0 Å². The Labute approximate surface area is 139 Å². The van der Waals surface area contributed by atoms with Crippen molar-refractivity contribution < 1.29 is 9.53 Å². The number of rotatable bonds is 4. The molecule has 0 unspecified atom stereocenters. The fourth-order valence-corrected chi connectivity index (χ4v) is 3.97. The molecule has 1 aliphatic heterocycles. The number of aromatic amines is 1. The van der Waals surface area contributed by atoms with E-state index in [-0.39, 0.29) is 16.4 Å². The van der Waals surface area contributed by atoms with Crippen molar-refractivity contribution in [3.63, 3.8) is 0 Å². The second-order valence-corrected chi connectivity index (χ2v) is 6.85. The van der Waals surface area contributed by atoms with Crippen LogP contribution in [0.1, 0.15) is 29.0 Å². The maximum absolute atomic E-state index is 12.2. The number of para-hydroxylation sites is 1. The average Bonchev–Trinajstić information content (AvgIpc) is 2.85. The van der Waals surface area contributed by atoms with Crippen molar-refractivity contribution in [2.45, 2.75) is 24.3 Å². The molecule has 0 fully saturated rings. The van der Waals surface area contributed by atoms with Crippen molar-refractivity contribution in [2.75, 3.05) is 11.9 Å². The molecule has 120 valence electrons. The summed E-state index contributed by atoms with van der Waals surface area (Å²) in [5.41, 5.74) is 2.99. The Hall–Kier alpha value is -2.21. The predicted octanol–water partition coefficient (Wildman–Crippen LogP) is 3.45. The third-order valence-electron chi connectivity index (χ3n) is 3.77. The van der Waals surface area contributed by atoms with Crippen LogP contribution in [0.25, 0.3) is 0 Å². The minimum absolute atomic E-state index is 0.0290. The summed E-state index contributed by atoms with van der Waals surface area (Å²) in [5.74, 6) is 1.38. The van der Waals surface area contributed by atoms with Crippen LogP contribution < -0.4 is 10.1 Å². The lowest BCUT2D eigenvalue weighted by molar-refractivity contribution is -0.115. The van der Waals surface area contributed by atoms with Gasteiger partial charge < -0.3 is 10.1 Å². The van der Waals surface area contributed by atoms with Crippen molar-refractivity contribution in [2.24, 2.45) is 0 Å². The number of anilines is 1. The van der Waals surface area contributed by atoms with Gasteiger partial charge in [0.1, 0.15) is 12.4 Å². The Morgan fingerprint density at radius 3 is 3.00 bits per heavy atom. The van der Waals surface area contributed by atoms with Gasteiger partial charge in [0.2, 0.25) is 5.91 Å². The van der Waals surface area contributed by atoms with Crippen LogP contribution >= 0.6 is 11.8 Å². The molecule has 3 rings (SSSR count). The lowest BCUT2D eigenvalue weighted by Gasteiger charge is -2.20. The van der Waals surface area contributed by atoms with Crippen molar-refractivity contribution >= 4 is 23.5 Å². The van der Waals surface area contributed by atoms with Crippen molar-refractivity contribution in [3.05, 3.63) is 53.7 Å². The maximum Gasteiger partial charge on any atom is 0.238 e. The summed E-state index contributed by atoms with van der Waals surface area (Å²) in [5, 5.41) is 9.90. The Morgan fingerprint density at radius 2 is 2.22 bits per heavy atom. The van der Waals surface area contributed by atoms with E-state index in [0.29, 0.717) is 12.4 Å². The first-order valence-electron chi connectivity index (χ1n) is 7.45. The molecule has 0 aliphatic carbocycles. The van der Waals surface area contributed by atoms with Gasteiger partial charge in [0.25, 0.3) is 0 Å². The molecule has 1 aromatic heterocycles. The Balaban J connectivity index is 2.09. The van der Waals surface area contributed by atoms with Crippen LogP contribution in [-0.2, 0) is 4.79 Å². The second-order valence-electron chi connectivity index (χ2n) is 5.40. The van der Waals surface area contributed by atoms with Crippen LogP contribution in [0.3, 0.4) is 0 Å². The molecule has 5 nitrogen and oxygen atoms in total. The molecule has 0 spiro atoms. The number of thioether (sulfide) groups is 1. The quantitative estimate of drug-likeness (QED) is 0.843. The average molecular weight is 329 g/mol. The number of hydrogen-bond acceptors (Lipinski definition) is 4. The summed E-state index contributed by atoms with van der Waals surface area (Å²) < 4.78 is 5.81. The Bertz CT molecular complexity index is 741. The van der Waals surface area contributed by atoms with E-state index in [9.17, 15) is 4.79 Å². The zero-order valence-corrected chi connectivity index (χ0v) is 13.9. The van der Waals surface area contributed by atoms with E-state index >= 15 is 0 Å². The maximum atomic E-state index is 12.2. The van der Waals surface area contributed by atoms with E-state index in [1.165, 1.54) is 0 Å². The van der Waals surface area contributed by atoms with Gasteiger partial charge in [0.05, 0.1) is 10.5 Å².